The van der Waals surface area contributed by atoms with Crippen molar-refractivity contribution in [1.29, 1.82) is 0 Å². The molecule has 0 spiro atoms. The van der Waals surface area contributed by atoms with Crippen molar-refractivity contribution in [2.24, 2.45) is 26.2 Å². The summed E-state index contributed by atoms with van der Waals surface area (Å²) in [7, 11) is 4.72. The van der Waals surface area contributed by atoms with Gasteiger partial charge < -0.3 is 4.57 Å². The molecule has 0 unspecified atom stereocenters. The molecule has 0 aliphatic carbocycles. The summed E-state index contributed by atoms with van der Waals surface area (Å²) in [6.07, 6.45) is 1.68. The van der Waals surface area contributed by atoms with Gasteiger partial charge in [0.05, 0.1) is 11.9 Å². The van der Waals surface area contributed by atoms with E-state index in [-0.39, 0.29) is 0 Å². The van der Waals surface area contributed by atoms with E-state index in [1.54, 1.807) is 24.9 Å². The number of hydrazone groups is 1. The summed E-state index contributed by atoms with van der Waals surface area (Å²) in [6.45, 7) is 6.73. The number of hydrogen-bond donors (Lipinski definition) is 1. The zero-order valence-corrected chi connectivity index (χ0v) is 15.7. The number of fused-ring (bicyclic) bond motifs is 1. The van der Waals surface area contributed by atoms with Gasteiger partial charge in [0.1, 0.15) is 0 Å². The number of aryl methyl sites for hydroxylation is 4. The minimum absolute atomic E-state index is 0.310. The van der Waals surface area contributed by atoms with Gasteiger partial charge in [0, 0.05) is 38.9 Å². The van der Waals surface area contributed by atoms with Crippen molar-refractivity contribution in [2.75, 3.05) is 5.43 Å². The molecule has 1 N–H and O–H groups in total. The third-order valence-electron chi connectivity index (χ3n) is 4.57. The Labute approximate surface area is 149 Å². The Morgan fingerprint density at radius 1 is 1.12 bits per heavy atom. The van der Waals surface area contributed by atoms with Crippen molar-refractivity contribution in [2.45, 2.75) is 27.3 Å². The first-order valence-corrected chi connectivity index (χ1v) is 8.23. The lowest BCUT2D eigenvalue weighted by Crippen LogP contribution is -2.37. The highest BCUT2D eigenvalue weighted by Gasteiger charge is 2.16. The number of nitrogens with one attached hydrogen (secondary N) is 1. The molecule has 138 valence electrons. The number of nitrogens with zero attached hydrogens (tertiary/aromatic N) is 7. The van der Waals surface area contributed by atoms with Gasteiger partial charge in [-0.2, -0.15) is 15.2 Å². The van der Waals surface area contributed by atoms with E-state index in [1.807, 2.05) is 25.5 Å². The first kappa shape index (κ1) is 17.6. The van der Waals surface area contributed by atoms with Crippen molar-refractivity contribution in [3.05, 3.63) is 37.8 Å². The quantitative estimate of drug-likeness (QED) is 0.532. The fourth-order valence-corrected chi connectivity index (χ4v) is 2.98. The van der Waals surface area contributed by atoms with Gasteiger partial charge in [-0.05, 0) is 20.8 Å². The summed E-state index contributed by atoms with van der Waals surface area (Å²) in [4.78, 5) is 28.8. The predicted octanol–water partition coefficient (Wildman–Crippen LogP) is 0.250. The maximum atomic E-state index is 12.4. The molecule has 10 heteroatoms. The van der Waals surface area contributed by atoms with Crippen LogP contribution in [0.15, 0.2) is 14.7 Å². The van der Waals surface area contributed by atoms with Crippen LogP contribution in [-0.4, -0.2) is 34.7 Å². The Morgan fingerprint density at radius 3 is 2.42 bits per heavy atom. The Morgan fingerprint density at radius 2 is 1.81 bits per heavy atom. The highest BCUT2D eigenvalue weighted by Crippen LogP contribution is 2.14. The van der Waals surface area contributed by atoms with Crippen LogP contribution in [0.5, 0.6) is 0 Å². The lowest BCUT2D eigenvalue weighted by molar-refractivity contribution is 0.634. The summed E-state index contributed by atoms with van der Waals surface area (Å²) in [5, 5.41) is 8.68. The van der Waals surface area contributed by atoms with Gasteiger partial charge in [-0.15, -0.1) is 0 Å². The molecule has 0 bridgehead atoms. The average Bonchev–Trinajstić information content (AvgIpc) is 3.09. The van der Waals surface area contributed by atoms with Crippen LogP contribution >= 0.6 is 0 Å². The highest BCUT2D eigenvalue weighted by atomic mass is 16.2. The van der Waals surface area contributed by atoms with Crippen molar-refractivity contribution < 1.29 is 0 Å². The maximum absolute atomic E-state index is 12.4. The van der Waals surface area contributed by atoms with E-state index < -0.39 is 11.2 Å². The van der Waals surface area contributed by atoms with E-state index >= 15 is 0 Å². The molecular weight excluding hydrogens is 336 g/mol. The van der Waals surface area contributed by atoms with Gasteiger partial charge in [0.15, 0.2) is 11.2 Å². The van der Waals surface area contributed by atoms with Crippen molar-refractivity contribution >= 4 is 23.3 Å². The lowest BCUT2D eigenvalue weighted by atomic mass is 10.2. The van der Waals surface area contributed by atoms with Crippen LogP contribution in [-0.2, 0) is 27.7 Å². The summed E-state index contributed by atoms with van der Waals surface area (Å²) >= 11 is 0. The number of rotatable bonds is 4. The molecule has 3 rings (SSSR count). The fraction of sp³-hybridized carbons (Fsp3) is 0.438. The third kappa shape index (κ3) is 2.54. The largest absolute Gasteiger partial charge is 0.332 e. The van der Waals surface area contributed by atoms with Gasteiger partial charge in [-0.3, -0.25) is 18.6 Å². The van der Waals surface area contributed by atoms with Crippen molar-refractivity contribution in [1.82, 2.24) is 28.5 Å². The van der Waals surface area contributed by atoms with Crippen LogP contribution < -0.4 is 16.7 Å². The summed E-state index contributed by atoms with van der Waals surface area (Å²) in [5.74, 6) is 0.368. The normalized spacial score (nSPS) is 11.8. The first-order valence-electron chi connectivity index (χ1n) is 8.23. The molecule has 0 aliphatic heterocycles. The minimum atomic E-state index is -0.422. The van der Waals surface area contributed by atoms with Crippen LogP contribution in [0.1, 0.15) is 23.9 Å². The number of hydrogen-bond acceptors (Lipinski definition) is 6. The van der Waals surface area contributed by atoms with Crippen LogP contribution in [0.3, 0.4) is 0 Å². The molecule has 0 aliphatic rings. The summed E-state index contributed by atoms with van der Waals surface area (Å²) < 4.78 is 5.89. The number of anilines is 1. The Kier molecular flexibility index (Phi) is 4.26. The molecule has 10 nitrogen and oxygen atoms in total. The molecule has 0 radical (unpaired) electrons. The molecule has 0 atom stereocenters. The van der Waals surface area contributed by atoms with E-state index in [4.69, 9.17) is 0 Å². The average molecular weight is 358 g/mol. The van der Waals surface area contributed by atoms with E-state index in [0.29, 0.717) is 17.1 Å². The monoisotopic (exact) mass is 358 g/mol. The molecule has 26 heavy (non-hydrogen) atoms. The van der Waals surface area contributed by atoms with Crippen LogP contribution in [0.4, 0.5) is 5.95 Å². The molecule has 3 heterocycles. The first-order chi connectivity index (χ1) is 12.3. The molecule has 0 saturated heterocycles. The van der Waals surface area contributed by atoms with E-state index in [1.165, 1.54) is 11.6 Å². The predicted molar refractivity (Wildman–Crippen MR) is 99.8 cm³/mol. The van der Waals surface area contributed by atoms with Gasteiger partial charge in [-0.1, -0.05) is 0 Å². The molecule has 0 aromatic carbocycles. The molecule has 3 aromatic heterocycles. The topological polar surface area (TPSA) is 104 Å². The van der Waals surface area contributed by atoms with Crippen molar-refractivity contribution in [3.63, 3.8) is 0 Å². The van der Waals surface area contributed by atoms with Crippen LogP contribution in [0.25, 0.3) is 11.2 Å². The molecule has 0 fully saturated rings. The Balaban J connectivity index is 2.01. The van der Waals surface area contributed by atoms with Crippen LogP contribution in [0, 0.1) is 13.8 Å². The van der Waals surface area contributed by atoms with E-state index in [9.17, 15) is 9.59 Å². The van der Waals surface area contributed by atoms with Gasteiger partial charge in [0.25, 0.3) is 5.56 Å². The summed E-state index contributed by atoms with van der Waals surface area (Å²) in [6, 6.07) is 0. The Bertz CT molecular complexity index is 1140. The van der Waals surface area contributed by atoms with E-state index in [2.05, 4.69) is 20.6 Å². The van der Waals surface area contributed by atoms with Gasteiger partial charge >= 0.3 is 5.69 Å². The SMILES string of the molecule is CCn1nc(C)c(/C=N\Nc2nc3c(c(=O)n(C)c(=O)n3C)n2C)c1C. The number of aromatic nitrogens is 6. The van der Waals surface area contributed by atoms with Gasteiger partial charge in [-0.25, -0.2) is 10.2 Å². The van der Waals surface area contributed by atoms with Crippen molar-refractivity contribution in [3.8, 4) is 0 Å². The minimum Gasteiger partial charge on any atom is -0.306 e. The second-order valence-corrected chi connectivity index (χ2v) is 6.14. The smallest absolute Gasteiger partial charge is 0.306 e. The zero-order valence-electron chi connectivity index (χ0n) is 15.7. The van der Waals surface area contributed by atoms with E-state index in [0.717, 1.165) is 28.1 Å². The summed E-state index contributed by atoms with van der Waals surface area (Å²) in [5.41, 5.74) is 5.51. The molecular formula is C16H22N8O2. The highest BCUT2D eigenvalue weighted by molar-refractivity contribution is 5.83. The molecule has 0 saturated carbocycles. The standard InChI is InChI=1S/C16H22N8O2/c1-7-24-10(3)11(9(2)20-24)8-17-19-15-18-13-12(21(15)4)14(25)23(6)16(26)22(13)5/h8H,7H2,1-6H3,(H,18,19)/b17-8-. The second kappa shape index (κ2) is 6.28. The molecule has 3 aromatic rings. The van der Waals surface area contributed by atoms with Crippen LogP contribution in [0.2, 0.25) is 0 Å². The van der Waals surface area contributed by atoms with Gasteiger partial charge in [0.2, 0.25) is 5.95 Å². The maximum Gasteiger partial charge on any atom is 0.332 e. The third-order valence-corrected chi connectivity index (χ3v) is 4.57. The Hall–Kier alpha value is -3.17. The fourth-order valence-electron chi connectivity index (χ4n) is 2.98. The number of imidazole rings is 1. The molecule has 0 amide bonds. The second-order valence-electron chi connectivity index (χ2n) is 6.14. The lowest BCUT2D eigenvalue weighted by Gasteiger charge is -2.03. The zero-order chi connectivity index (χ0) is 19.2.